The number of carbonyl (C=O) groups excluding carboxylic acids is 2. The first kappa shape index (κ1) is 23.0. The zero-order valence-corrected chi connectivity index (χ0v) is 19.3. The van der Waals surface area contributed by atoms with E-state index in [0.29, 0.717) is 24.6 Å². The number of nitrogens with one attached hydrogen (secondary N) is 1. The Morgan fingerprint density at radius 3 is 2.76 bits per heavy atom. The molecule has 176 valence electrons. The van der Waals surface area contributed by atoms with Crippen molar-refractivity contribution in [3.8, 4) is 0 Å². The van der Waals surface area contributed by atoms with Crippen LogP contribution < -0.4 is 15.1 Å². The van der Waals surface area contributed by atoms with Gasteiger partial charge in [-0.1, -0.05) is 6.07 Å². The highest BCUT2D eigenvalue weighted by Crippen LogP contribution is 2.39. The van der Waals surface area contributed by atoms with Gasteiger partial charge in [-0.25, -0.2) is 4.98 Å². The Kier molecular flexibility index (Phi) is 6.80. The molecule has 1 unspecified atom stereocenters. The molecule has 9 heteroatoms. The number of aliphatic hydroxyl groups is 1. The lowest BCUT2D eigenvalue weighted by atomic mass is 10.00. The van der Waals surface area contributed by atoms with E-state index < -0.39 is 0 Å². The number of aliphatic hydroxyl groups excluding tert-OH is 1. The summed E-state index contributed by atoms with van der Waals surface area (Å²) in [6.45, 7) is 3.51. The molecule has 1 atom stereocenters. The zero-order chi connectivity index (χ0) is 23.5. The van der Waals surface area contributed by atoms with Gasteiger partial charge in [0.25, 0.3) is 5.91 Å². The molecule has 2 N–H and O–H groups in total. The fourth-order valence-electron chi connectivity index (χ4n) is 4.52. The van der Waals surface area contributed by atoms with Gasteiger partial charge in [-0.15, -0.1) is 0 Å². The van der Waals surface area contributed by atoms with Gasteiger partial charge in [-0.3, -0.25) is 9.59 Å². The number of fused-ring (bicyclic) bond motifs is 1. The first-order valence-corrected chi connectivity index (χ1v) is 11.3. The summed E-state index contributed by atoms with van der Waals surface area (Å²) in [7, 11) is 3.44. The zero-order valence-electron chi connectivity index (χ0n) is 19.3. The van der Waals surface area contributed by atoms with Crippen LogP contribution in [0.2, 0.25) is 0 Å². The number of ether oxygens (including phenoxy) is 1. The van der Waals surface area contributed by atoms with Crippen LogP contribution in [0, 0.1) is 0 Å². The number of aromatic nitrogens is 1. The van der Waals surface area contributed by atoms with Crippen LogP contribution >= 0.6 is 0 Å². The molecule has 1 aromatic carbocycles. The Morgan fingerprint density at radius 2 is 2.03 bits per heavy atom. The van der Waals surface area contributed by atoms with E-state index in [0.717, 1.165) is 29.9 Å². The molecule has 1 saturated heterocycles. The normalized spacial score (nSPS) is 18.8. The Bertz CT molecular complexity index is 1020. The fourth-order valence-corrected chi connectivity index (χ4v) is 4.52. The first-order valence-electron chi connectivity index (χ1n) is 11.3. The quantitative estimate of drug-likeness (QED) is 0.692. The molecule has 2 amide bonds. The van der Waals surface area contributed by atoms with Crippen LogP contribution in [0.15, 0.2) is 36.5 Å². The molecule has 33 heavy (non-hydrogen) atoms. The summed E-state index contributed by atoms with van der Waals surface area (Å²) < 4.78 is 5.54. The Hall–Kier alpha value is -3.17. The second-order valence-electron chi connectivity index (χ2n) is 8.54. The maximum Gasteiger partial charge on any atom is 0.253 e. The van der Waals surface area contributed by atoms with Crippen molar-refractivity contribution >= 4 is 34.7 Å². The molecule has 0 radical (unpaired) electrons. The third-order valence-electron chi connectivity index (χ3n) is 6.35. The summed E-state index contributed by atoms with van der Waals surface area (Å²) >= 11 is 0. The van der Waals surface area contributed by atoms with Crippen molar-refractivity contribution in [1.29, 1.82) is 0 Å². The predicted molar refractivity (Wildman–Crippen MR) is 127 cm³/mol. The Labute approximate surface area is 194 Å². The maximum atomic E-state index is 12.9. The minimum absolute atomic E-state index is 0.0507. The van der Waals surface area contributed by atoms with Crippen molar-refractivity contribution in [3.05, 3.63) is 42.1 Å². The number of nitrogens with zero attached hydrogens (tertiary/aromatic N) is 4. The minimum Gasteiger partial charge on any atom is -0.395 e. The SMILES string of the molecule is CC1C(=O)N(C)c2cnc(Nc3cccc(C(=O)N(C)CCO)c3)cc2N1C1CCOCC1. The lowest BCUT2D eigenvalue weighted by Gasteiger charge is -2.45. The van der Waals surface area contributed by atoms with Crippen molar-refractivity contribution in [2.75, 3.05) is 55.6 Å². The van der Waals surface area contributed by atoms with Crippen molar-refractivity contribution in [2.45, 2.75) is 31.8 Å². The van der Waals surface area contributed by atoms with Gasteiger partial charge in [-0.05, 0) is 38.0 Å². The van der Waals surface area contributed by atoms with E-state index in [4.69, 9.17) is 9.84 Å². The van der Waals surface area contributed by atoms with E-state index in [2.05, 4.69) is 15.2 Å². The molecule has 4 rings (SSSR count). The molecular formula is C24H31N5O4. The maximum absolute atomic E-state index is 12.9. The molecule has 0 bridgehead atoms. The highest BCUT2D eigenvalue weighted by Gasteiger charge is 2.38. The summed E-state index contributed by atoms with van der Waals surface area (Å²) in [4.78, 5) is 35.3. The van der Waals surface area contributed by atoms with Crippen LogP contribution in [0.1, 0.15) is 30.1 Å². The number of hydrogen-bond donors (Lipinski definition) is 2. The lowest BCUT2D eigenvalue weighted by molar-refractivity contribution is -0.119. The Balaban J connectivity index is 1.62. The average Bonchev–Trinajstić information content (AvgIpc) is 2.83. The van der Waals surface area contributed by atoms with Gasteiger partial charge in [0.05, 0.1) is 24.2 Å². The van der Waals surface area contributed by atoms with Gasteiger partial charge >= 0.3 is 0 Å². The third-order valence-corrected chi connectivity index (χ3v) is 6.35. The van der Waals surface area contributed by atoms with Gasteiger partial charge in [0, 0.05) is 57.2 Å². The van der Waals surface area contributed by atoms with E-state index in [1.54, 1.807) is 37.3 Å². The number of rotatable bonds is 6. The minimum atomic E-state index is -0.274. The monoisotopic (exact) mass is 453 g/mol. The van der Waals surface area contributed by atoms with Gasteiger partial charge in [0.15, 0.2) is 0 Å². The van der Waals surface area contributed by atoms with Crippen LogP contribution in [-0.4, -0.2) is 79.3 Å². The lowest BCUT2D eigenvalue weighted by Crippen LogP contribution is -2.55. The third kappa shape index (κ3) is 4.65. The number of likely N-dealkylation sites (N-methyl/N-ethyl adjacent to an activating group) is 2. The van der Waals surface area contributed by atoms with Gasteiger partial charge in [-0.2, -0.15) is 0 Å². The molecule has 1 fully saturated rings. The molecule has 3 heterocycles. The number of benzene rings is 1. The molecule has 0 spiro atoms. The molecule has 2 aliphatic heterocycles. The van der Waals surface area contributed by atoms with E-state index >= 15 is 0 Å². The van der Waals surface area contributed by atoms with Crippen LogP contribution in [0.4, 0.5) is 22.9 Å². The summed E-state index contributed by atoms with van der Waals surface area (Å²) in [5, 5.41) is 12.4. The van der Waals surface area contributed by atoms with Crippen molar-refractivity contribution in [3.63, 3.8) is 0 Å². The first-order chi connectivity index (χ1) is 15.9. The van der Waals surface area contributed by atoms with Crippen LogP contribution in [-0.2, 0) is 9.53 Å². The average molecular weight is 454 g/mol. The van der Waals surface area contributed by atoms with Crippen molar-refractivity contribution in [1.82, 2.24) is 9.88 Å². The molecule has 9 nitrogen and oxygen atoms in total. The van der Waals surface area contributed by atoms with Crippen LogP contribution in [0.3, 0.4) is 0 Å². The number of hydrogen-bond acceptors (Lipinski definition) is 7. The fraction of sp³-hybridized carbons (Fsp3) is 0.458. The van der Waals surface area contributed by atoms with Gasteiger partial charge in [0.2, 0.25) is 5.91 Å². The van der Waals surface area contributed by atoms with Gasteiger partial charge in [0.1, 0.15) is 11.9 Å². The summed E-state index contributed by atoms with van der Waals surface area (Å²) in [6.07, 6.45) is 3.46. The van der Waals surface area contributed by atoms with E-state index in [1.165, 1.54) is 4.90 Å². The van der Waals surface area contributed by atoms with Crippen molar-refractivity contribution in [2.24, 2.45) is 0 Å². The second-order valence-corrected chi connectivity index (χ2v) is 8.54. The molecular weight excluding hydrogens is 422 g/mol. The molecule has 1 aromatic heterocycles. The van der Waals surface area contributed by atoms with Crippen LogP contribution in [0.5, 0.6) is 0 Å². The smallest absolute Gasteiger partial charge is 0.253 e. The Morgan fingerprint density at radius 1 is 1.27 bits per heavy atom. The van der Waals surface area contributed by atoms with Gasteiger partial charge < -0.3 is 29.9 Å². The number of amides is 2. The number of pyridine rings is 1. The summed E-state index contributed by atoms with van der Waals surface area (Å²) in [5.74, 6) is 0.523. The second kappa shape index (κ2) is 9.76. The number of anilines is 4. The standard InChI is InChI=1S/C24H31N5O4/c1-16-23(31)28(3)21-15-25-22(14-20(21)29(16)19-7-11-33-12-8-19)26-18-6-4-5-17(13-18)24(32)27(2)9-10-30/h4-6,13-16,19,30H,7-12H2,1-3H3,(H,25,26). The molecule has 2 aliphatic rings. The molecule has 0 saturated carbocycles. The van der Waals surface area contributed by atoms with E-state index in [9.17, 15) is 9.59 Å². The summed E-state index contributed by atoms with van der Waals surface area (Å²) in [6, 6.07) is 9.12. The van der Waals surface area contributed by atoms with E-state index in [-0.39, 0.29) is 37.0 Å². The molecule has 2 aromatic rings. The predicted octanol–water partition coefficient (Wildman–Crippen LogP) is 2.24. The molecule has 0 aliphatic carbocycles. The topological polar surface area (TPSA) is 98.2 Å². The number of carbonyl (C=O) groups is 2. The highest BCUT2D eigenvalue weighted by molar-refractivity contribution is 6.05. The largest absolute Gasteiger partial charge is 0.395 e. The van der Waals surface area contributed by atoms with Crippen LogP contribution in [0.25, 0.3) is 0 Å². The summed E-state index contributed by atoms with van der Waals surface area (Å²) in [5.41, 5.74) is 3.00. The van der Waals surface area contributed by atoms with Crippen molar-refractivity contribution < 1.29 is 19.4 Å². The van der Waals surface area contributed by atoms with E-state index in [1.807, 2.05) is 25.1 Å². The highest BCUT2D eigenvalue weighted by atomic mass is 16.5.